The molecule has 0 unspecified atom stereocenters. The van der Waals surface area contributed by atoms with Crippen molar-refractivity contribution in [3.63, 3.8) is 0 Å². The van der Waals surface area contributed by atoms with E-state index in [2.05, 4.69) is 15.9 Å². The van der Waals surface area contributed by atoms with Crippen LogP contribution in [0.3, 0.4) is 0 Å². The van der Waals surface area contributed by atoms with Crippen molar-refractivity contribution < 1.29 is 9.53 Å². The zero-order valence-electron chi connectivity index (χ0n) is 4.85. The molecule has 1 aliphatic rings. The fourth-order valence-corrected chi connectivity index (χ4v) is 0.818. The first-order chi connectivity index (χ1) is 4.24. The van der Waals surface area contributed by atoms with Crippen LogP contribution in [0.5, 0.6) is 0 Å². The van der Waals surface area contributed by atoms with Gasteiger partial charge in [0.1, 0.15) is 10.2 Å². The van der Waals surface area contributed by atoms with Crippen LogP contribution in [-0.4, -0.2) is 5.97 Å². The second-order valence-electron chi connectivity index (χ2n) is 1.57. The molecular weight excluding hydrogens is 184 g/mol. The Labute approximate surface area is 61.3 Å². The molecule has 0 amide bonds. The number of cyclic esters (lactones) is 1. The highest BCUT2D eigenvalue weighted by atomic mass is 79.9. The number of esters is 1. The van der Waals surface area contributed by atoms with Crippen LogP contribution in [0.25, 0.3) is 0 Å². The maximum Gasteiger partial charge on any atom is 0.350 e. The van der Waals surface area contributed by atoms with Gasteiger partial charge in [0.2, 0.25) is 0 Å². The van der Waals surface area contributed by atoms with Crippen molar-refractivity contribution in [3.05, 3.63) is 22.4 Å². The van der Waals surface area contributed by atoms with Crippen molar-refractivity contribution in [2.45, 2.75) is 6.92 Å². The van der Waals surface area contributed by atoms with Gasteiger partial charge in [-0.15, -0.1) is 0 Å². The minimum Gasteiger partial charge on any atom is -0.423 e. The van der Waals surface area contributed by atoms with Gasteiger partial charge in [0.25, 0.3) is 0 Å². The standard InChI is InChI=1S/C6H5BrO2/c1-2-4-3-5(7)6(8)9-4/h2-3H,1H3. The molecule has 0 aromatic carbocycles. The van der Waals surface area contributed by atoms with Crippen molar-refractivity contribution in [2.75, 3.05) is 0 Å². The fraction of sp³-hybridized carbons (Fsp3) is 0.167. The van der Waals surface area contributed by atoms with E-state index in [1.54, 1.807) is 12.2 Å². The van der Waals surface area contributed by atoms with E-state index in [-0.39, 0.29) is 5.97 Å². The van der Waals surface area contributed by atoms with Crippen LogP contribution in [0.4, 0.5) is 0 Å². The van der Waals surface area contributed by atoms with Crippen LogP contribution in [0.1, 0.15) is 6.92 Å². The van der Waals surface area contributed by atoms with Gasteiger partial charge in [0.05, 0.1) is 0 Å². The van der Waals surface area contributed by atoms with Crippen molar-refractivity contribution in [3.8, 4) is 0 Å². The highest BCUT2D eigenvalue weighted by molar-refractivity contribution is 9.12. The second kappa shape index (κ2) is 2.35. The molecule has 0 radical (unpaired) electrons. The molecule has 0 saturated carbocycles. The summed E-state index contributed by atoms with van der Waals surface area (Å²) in [6.45, 7) is 1.81. The Bertz CT molecular complexity index is 203. The Morgan fingerprint density at radius 3 is 2.67 bits per heavy atom. The van der Waals surface area contributed by atoms with Gasteiger partial charge in [-0.1, -0.05) is 0 Å². The molecule has 1 aliphatic heterocycles. The molecule has 0 atom stereocenters. The van der Waals surface area contributed by atoms with E-state index in [0.717, 1.165) is 0 Å². The third-order valence-corrected chi connectivity index (χ3v) is 1.51. The molecule has 9 heavy (non-hydrogen) atoms. The van der Waals surface area contributed by atoms with Crippen LogP contribution in [-0.2, 0) is 9.53 Å². The summed E-state index contributed by atoms with van der Waals surface area (Å²) in [7, 11) is 0. The molecule has 0 aliphatic carbocycles. The minimum atomic E-state index is -0.317. The second-order valence-corrected chi connectivity index (χ2v) is 2.43. The number of hydrogen-bond acceptors (Lipinski definition) is 2. The van der Waals surface area contributed by atoms with Crippen LogP contribution in [0.15, 0.2) is 22.4 Å². The lowest BCUT2D eigenvalue weighted by molar-refractivity contribution is -0.132. The average molecular weight is 189 g/mol. The van der Waals surface area contributed by atoms with Gasteiger partial charge in [-0.3, -0.25) is 0 Å². The van der Waals surface area contributed by atoms with Gasteiger partial charge in [-0.25, -0.2) is 4.79 Å². The topological polar surface area (TPSA) is 26.3 Å². The first-order valence-electron chi connectivity index (χ1n) is 2.49. The van der Waals surface area contributed by atoms with Gasteiger partial charge in [-0.05, 0) is 28.9 Å². The predicted molar refractivity (Wildman–Crippen MR) is 36.9 cm³/mol. The maximum atomic E-state index is 10.6. The highest BCUT2D eigenvalue weighted by Crippen LogP contribution is 2.20. The van der Waals surface area contributed by atoms with Gasteiger partial charge in [0.15, 0.2) is 0 Å². The number of ether oxygens (including phenoxy) is 1. The molecule has 1 heterocycles. The molecule has 0 N–H and O–H groups in total. The summed E-state index contributed by atoms with van der Waals surface area (Å²) in [5.41, 5.74) is 0. The Kier molecular flexibility index (Phi) is 1.71. The summed E-state index contributed by atoms with van der Waals surface area (Å²) in [5.74, 6) is 0.287. The summed E-state index contributed by atoms with van der Waals surface area (Å²) < 4.78 is 5.19. The number of carbonyl (C=O) groups is 1. The number of hydrogen-bond donors (Lipinski definition) is 0. The van der Waals surface area contributed by atoms with Gasteiger partial charge < -0.3 is 4.74 Å². The van der Waals surface area contributed by atoms with Crippen LogP contribution in [0.2, 0.25) is 0 Å². The Morgan fingerprint density at radius 1 is 1.78 bits per heavy atom. The lowest BCUT2D eigenvalue weighted by Crippen LogP contribution is -1.92. The highest BCUT2D eigenvalue weighted by Gasteiger charge is 2.16. The molecule has 48 valence electrons. The van der Waals surface area contributed by atoms with Crippen LogP contribution >= 0.6 is 15.9 Å². The monoisotopic (exact) mass is 188 g/mol. The first-order valence-corrected chi connectivity index (χ1v) is 3.29. The smallest absolute Gasteiger partial charge is 0.350 e. The van der Waals surface area contributed by atoms with E-state index < -0.39 is 0 Å². The van der Waals surface area contributed by atoms with E-state index in [1.807, 2.05) is 6.92 Å². The van der Waals surface area contributed by atoms with E-state index >= 15 is 0 Å². The fourth-order valence-electron chi connectivity index (χ4n) is 0.511. The number of halogens is 1. The minimum absolute atomic E-state index is 0.317. The molecular formula is C6H5BrO2. The quantitative estimate of drug-likeness (QED) is 0.542. The van der Waals surface area contributed by atoms with E-state index in [1.165, 1.54) is 0 Å². The van der Waals surface area contributed by atoms with Gasteiger partial charge in [0, 0.05) is 6.08 Å². The summed E-state index contributed by atoms with van der Waals surface area (Å²) in [6, 6.07) is 0. The molecule has 0 fully saturated rings. The third kappa shape index (κ3) is 1.21. The van der Waals surface area contributed by atoms with E-state index in [9.17, 15) is 4.79 Å². The molecule has 0 saturated heterocycles. The number of allylic oxidation sites excluding steroid dienone is 2. The summed E-state index contributed by atoms with van der Waals surface area (Å²) in [5, 5.41) is 0. The summed E-state index contributed by atoms with van der Waals surface area (Å²) >= 11 is 3.03. The van der Waals surface area contributed by atoms with E-state index in [4.69, 9.17) is 4.74 Å². The average Bonchev–Trinajstić information content (AvgIpc) is 2.13. The Morgan fingerprint density at radius 2 is 2.44 bits per heavy atom. The molecule has 0 aromatic rings. The van der Waals surface area contributed by atoms with Crippen molar-refractivity contribution >= 4 is 21.9 Å². The Hall–Kier alpha value is -0.570. The molecule has 0 spiro atoms. The van der Waals surface area contributed by atoms with Gasteiger partial charge in [-0.2, -0.15) is 0 Å². The molecule has 1 rings (SSSR count). The third-order valence-electron chi connectivity index (χ3n) is 0.959. The molecule has 0 bridgehead atoms. The maximum absolute atomic E-state index is 10.6. The lowest BCUT2D eigenvalue weighted by Gasteiger charge is -1.89. The van der Waals surface area contributed by atoms with Crippen molar-refractivity contribution in [1.29, 1.82) is 0 Å². The van der Waals surface area contributed by atoms with Crippen LogP contribution in [0, 0.1) is 0 Å². The van der Waals surface area contributed by atoms with Crippen molar-refractivity contribution in [1.82, 2.24) is 0 Å². The lowest BCUT2D eigenvalue weighted by atomic mass is 10.4. The zero-order chi connectivity index (χ0) is 6.85. The Balaban J connectivity index is 2.86. The largest absolute Gasteiger partial charge is 0.423 e. The van der Waals surface area contributed by atoms with E-state index in [0.29, 0.717) is 10.2 Å². The van der Waals surface area contributed by atoms with Crippen molar-refractivity contribution in [2.24, 2.45) is 0 Å². The van der Waals surface area contributed by atoms with Gasteiger partial charge >= 0.3 is 5.97 Å². The molecule has 2 nitrogen and oxygen atoms in total. The summed E-state index contributed by atoms with van der Waals surface area (Å²) in [6.07, 6.45) is 3.37. The normalized spacial score (nSPS) is 22.2. The van der Waals surface area contributed by atoms with Crippen LogP contribution < -0.4 is 0 Å². The number of carbonyl (C=O) groups excluding carboxylic acids is 1. The number of rotatable bonds is 0. The molecule has 3 heteroatoms. The summed E-state index contributed by atoms with van der Waals surface area (Å²) in [4.78, 5) is 10.6. The first kappa shape index (κ1) is 6.55. The zero-order valence-corrected chi connectivity index (χ0v) is 6.44. The predicted octanol–water partition coefficient (Wildman–Crippen LogP) is 1.73. The SMILES string of the molecule is CC=C1C=C(Br)C(=O)O1. The molecule has 0 aromatic heterocycles.